The number of ether oxygens (including phenoxy) is 1. The first-order valence-electron chi connectivity index (χ1n) is 6.50. The van der Waals surface area contributed by atoms with Crippen LogP contribution in [-0.2, 0) is 11.3 Å². The highest BCUT2D eigenvalue weighted by molar-refractivity contribution is 5.87. The van der Waals surface area contributed by atoms with E-state index in [9.17, 15) is 4.79 Å². The van der Waals surface area contributed by atoms with Gasteiger partial charge in [-0.1, -0.05) is 20.8 Å². The quantitative estimate of drug-likeness (QED) is 0.765. The van der Waals surface area contributed by atoms with Crippen LogP contribution in [0.4, 0.5) is 0 Å². The van der Waals surface area contributed by atoms with Crippen molar-refractivity contribution in [3.05, 3.63) is 23.7 Å². The summed E-state index contributed by atoms with van der Waals surface area (Å²) in [5.74, 6) is -0.152. The smallest absolute Gasteiger partial charge is 0.374 e. The van der Waals surface area contributed by atoms with Crippen molar-refractivity contribution in [3.8, 4) is 0 Å². The number of furan rings is 1. The average Bonchev–Trinajstić information content (AvgIpc) is 2.84. The highest BCUT2D eigenvalue weighted by atomic mass is 16.5. The first-order valence-corrected chi connectivity index (χ1v) is 6.50. The van der Waals surface area contributed by atoms with Crippen molar-refractivity contribution in [1.29, 1.82) is 0 Å². The lowest BCUT2D eigenvalue weighted by molar-refractivity contribution is 0.0561. The van der Waals surface area contributed by atoms with Gasteiger partial charge in [0.05, 0.1) is 13.4 Å². The fourth-order valence-corrected chi connectivity index (χ4v) is 1.92. The number of rotatable bonds is 7. The molecule has 0 unspecified atom stereocenters. The number of esters is 1. The van der Waals surface area contributed by atoms with Crippen molar-refractivity contribution in [2.45, 2.75) is 27.3 Å². The highest BCUT2D eigenvalue weighted by Gasteiger charge is 2.22. The summed E-state index contributed by atoms with van der Waals surface area (Å²) in [6.07, 6.45) is 1.52. The van der Waals surface area contributed by atoms with Crippen LogP contribution < -0.4 is 5.73 Å². The summed E-state index contributed by atoms with van der Waals surface area (Å²) in [6, 6.07) is 1.81. The van der Waals surface area contributed by atoms with Crippen LogP contribution in [0.2, 0.25) is 0 Å². The minimum atomic E-state index is -0.436. The molecule has 0 saturated carbocycles. The zero-order valence-electron chi connectivity index (χ0n) is 12.2. The van der Waals surface area contributed by atoms with Gasteiger partial charge in [0.1, 0.15) is 0 Å². The van der Waals surface area contributed by atoms with E-state index in [1.165, 1.54) is 13.4 Å². The second-order valence-electron chi connectivity index (χ2n) is 5.44. The summed E-state index contributed by atoms with van der Waals surface area (Å²) in [7, 11) is 1.35. The molecule has 0 saturated heterocycles. The Kier molecular flexibility index (Phi) is 5.57. The Balaban J connectivity index is 2.76. The lowest BCUT2D eigenvalue weighted by Crippen LogP contribution is -2.38. The molecule has 19 heavy (non-hydrogen) atoms. The predicted octanol–water partition coefficient (Wildman–Crippen LogP) is 1.87. The molecule has 0 aromatic carbocycles. The van der Waals surface area contributed by atoms with E-state index >= 15 is 0 Å². The Hall–Kier alpha value is -1.33. The van der Waals surface area contributed by atoms with E-state index in [1.807, 2.05) is 6.07 Å². The van der Waals surface area contributed by atoms with Gasteiger partial charge in [0.15, 0.2) is 0 Å². The third kappa shape index (κ3) is 4.36. The standard InChI is InChI=1S/C14H24N2O3/c1-5-16(10-14(2,3)9-15)8-11-6-7-19-12(11)13(17)18-4/h6-7H,5,8-10,15H2,1-4H3. The summed E-state index contributed by atoms with van der Waals surface area (Å²) >= 11 is 0. The zero-order valence-corrected chi connectivity index (χ0v) is 12.2. The van der Waals surface area contributed by atoms with Gasteiger partial charge in [-0.15, -0.1) is 0 Å². The van der Waals surface area contributed by atoms with Crippen molar-refractivity contribution >= 4 is 5.97 Å². The number of carbonyl (C=O) groups excluding carboxylic acids is 1. The Morgan fingerprint density at radius 3 is 2.74 bits per heavy atom. The maximum Gasteiger partial charge on any atom is 0.374 e. The van der Waals surface area contributed by atoms with Gasteiger partial charge >= 0.3 is 5.97 Å². The largest absolute Gasteiger partial charge is 0.463 e. The van der Waals surface area contributed by atoms with Gasteiger partial charge in [-0.2, -0.15) is 0 Å². The lowest BCUT2D eigenvalue weighted by Gasteiger charge is -2.30. The van der Waals surface area contributed by atoms with E-state index < -0.39 is 5.97 Å². The van der Waals surface area contributed by atoms with E-state index in [0.717, 1.165) is 18.7 Å². The number of hydrogen-bond donors (Lipinski definition) is 1. The van der Waals surface area contributed by atoms with Crippen LogP contribution in [0.3, 0.4) is 0 Å². The van der Waals surface area contributed by atoms with Gasteiger partial charge < -0.3 is 14.9 Å². The number of methoxy groups -OCH3 is 1. The van der Waals surface area contributed by atoms with E-state index in [-0.39, 0.29) is 11.2 Å². The first-order chi connectivity index (χ1) is 8.93. The molecule has 1 aromatic heterocycles. The summed E-state index contributed by atoms with van der Waals surface area (Å²) in [6.45, 7) is 9.38. The second kappa shape index (κ2) is 6.73. The van der Waals surface area contributed by atoms with Crippen LogP contribution in [0, 0.1) is 5.41 Å². The third-order valence-corrected chi connectivity index (χ3v) is 3.16. The summed E-state index contributed by atoms with van der Waals surface area (Å²) in [5, 5.41) is 0. The average molecular weight is 268 g/mol. The molecular weight excluding hydrogens is 244 g/mol. The molecule has 0 spiro atoms. The van der Waals surface area contributed by atoms with Gasteiger partial charge in [-0.25, -0.2) is 4.79 Å². The van der Waals surface area contributed by atoms with E-state index in [2.05, 4.69) is 25.7 Å². The van der Waals surface area contributed by atoms with E-state index in [0.29, 0.717) is 13.1 Å². The van der Waals surface area contributed by atoms with E-state index in [1.54, 1.807) is 0 Å². The van der Waals surface area contributed by atoms with Gasteiger partial charge in [-0.05, 0) is 24.6 Å². The molecule has 0 aliphatic carbocycles. The molecule has 0 aliphatic rings. The van der Waals surface area contributed by atoms with Gasteiger partial charge in [-0.3, -0.25) is 4.90 Å². The molecule has 2 N–H and O–H groups in total. The SMILES string of the molecule is CCN(Cc1ccoc1C(=O)OC)CC(C)(C)CN. The topological polar surface area (TPSA) is 68.7 Å². The summed E-state index contributed by atoms with van der Waals surface area (Å²) in [4.78, 5) is 13.8. The molecule has 0 atom stereocenters. The monoisotopic (exact) mass is 268 g/mol. The zero-order chi connectivity index (χ0) is 14.5. The maximum absolute atomic E-state index is 11.6. The van der Waals surface area contributed by atoms with Crippen molar-refractivity contribution in [3.63, 3.8) is 0 Å². The van der Waals surface area contributed by atoms with Crippen LogP contribution in [-0.4, -0.2) is 37.6 Å². The maximum atomic E-state index is 11.6. The molecule has 0 fully saturated rings. The molecule has 1 heterocycles. The molecule has 0 amide bonds. The lowest BCUT2D eigenvalue weighted by atomic mass is 9.93. The summed E-state index contributed by atoms with van der Waals surface area (Å²) in [5.41, 5.74) is 6.66. The van der Waals surface area contributed by atoms with Gasteiger partial charge in [0.2, 0.25) is 5.76 Å². The first kappa shape index (κ1) is 15.7. The summed E-state index contributed by atoms with van der Waals surface area (Å²) < 4.78 is 9.89. The predicted molar refractivity (Wildman–Crippen MR) is 73.8 cm³/mol. The van der Waals surface area contributed by atoms with Crippen molar-refractivity contribution in [1.82, 2.24) is 4.90 Å². The number of hydrogen-bond acceptors (Lipinski definition) is 5. The Bertz CT molecular complexity index is 413. The van der Waals surface area contributed by atoms with Crippen LogP contribution in [0.1, 0.15) is 36.9 Å². The molecule has 0 aliphatic heterocycles. The number of nitrogens with two attached hydrogens (primary N) is 1. The van der Waals surface area contributed by atoms with Gasteiger partial charge in [0.25, 0.3) is 0 Å². The Labute approximate surface area is 114 Å². The molecule has 0 radical (unpaired) electrons. The molecule has 0 bridgehead atoms. The van der Waals surface area contributed by atoms with Crippen molar-refractivity contribution in [2.75, 3.05) is 26.7 Å². The van der Waals surface area contributed by atoms with Crippen LogP contribution in [0.5, 0.6) is 0 Å². The van der Waals surface area contributed by atoms with Crippen LogP contribution in [0.15, 0.2) is 16.7 Å². The number of nitrogens with zero attached hydrogens (tertiary/aromatic N) is 1. The third-order valence-electron chi connectivity index (χ3n) is 3.16. The van der Waals surface area contributed by atoms with Crippen molar-refractivity contribution in [2.24, 2.45) is 11.1 Å². The molecule has 108 valence electrons. The van der Waals surface area contributed by atoms with Crippen molar-refractivity contribution < 1.29 is 13.9 Å². The Morgan fingerprint density at radius 2 is 2.21 bits per heavy atom. The molecule has 5 heteroatoms. The molecule has 1 aromatic rings. The molecule has 5 nitrogen and oxygen atoms in total. The minimum Gasteiger partial charge on any atom is -0.463 e. The van der Waals surface area contributed by atoms with E-state index in [4.69, 9.17) is 14.9 Å². The second-order valence-corrected chi connectivity index (χ2v) is 5.44. The normalized spacial score (nSPS) is 11.9. The van der Waals surface area contributed by atoms with Gasteiger partial charge in [0, 0.05) is 18.7 Å². The van der Waals surface area contributed by atoms with Crippen LogP contribution in [0.25, 0.3) is 0 Å². The minimum absolute atomic E-state index is 0.0468. The highest BCUT2D eigenvalue weighted by Crippen LogP contribution is 2.19. The fraction of sp³-hybridized carbons (Fsp3) is 0.643. The Morgan fingerprint density at radius 1 is 1.53 bits per heavy atom. The molecular formula is C14H24N2O3. The molecule has 1 rings (SSSR count). The number of carbonyl (C=O) groups is 1. The fourth-order valence-electron chi connectivity index (χ4n) is 1.92. The van der Waals surface area contributed by atoms with Crippen LogP contribution >= 0.6 is 0 Å².